The van der Waals surface area contributed by atoms with E-state index in [2.05, 4.69) is 20.5 Å². The molecule has 0 bridgehead atoms. The molecule has 9 heteroatoms. The number of aromatic amines is 2. The predicted octanol–water partition coefficient (Wildman–Crippen LogP) is 2.01. The molecule has 3 rings (SSSR count). The van der Waals surface area contributed by atoms with Crippen molar-refractivity contribution in [3.05, 3.63) is 39.9 Å². The minimum atomic E-state index is -0.281. The topological polar surface area (TPSA) is 93.9 Å². The highest BCUT2D eigenvalue weighted by atomic mass is 35.5. The molecule has 1 atom stereocenters. The Morgan fingerprint density at radius 3 is 2.92 bits per heavy atom. The van der Waals surface area contributed by atoms with Crippen molar-refractivity contribution < 1.29 is 9.59 Å². The lowest BCUT2D eigenvalue weighted by Gasteiger charge is -2.33. The first kappa shape index (κ1) is 16.9. The van der Waals surface area contributed by atoms with Gasteiger partial charge < -0.3 is 15.2 Å². The molecular formula is C15H17Cl2N5O2. The molecule has 3 N–H and O–H groups in total. The highest BCUT2D eigenvalue weighted by molar-refractivity contribution is 6.41. The maximum absolute atomic E-state index is 12.3. The molecule has 2 aromatic heterocycles. The van der Waals surface area contributed by atoms with Crippen LogP contribution in [0, 0.1) is 0 Å². The van der Waals surface area contributed by atoms with Crippen LogP contribution in [0.4, 0.5) is 0 Å². The number of nitrogens with one attached hydrogen (secondary N) is 3. The Hall–Kier alpha value is -1.99. The summed E-state index contributed by atoms with van der Waals surface area (Å²) in [6.07, 6.45) is 3.56. The number of likely N-dealkylation sites (tertiary alicyclic amines) is 1. The second-order valence-electron chi connectivity index (χ2n) is 5.76. The van der Waals surface area contributed by atoms with Crippen molar-refractivity contribution in [2.75, 3.05) is 13.1 Å². The molecule has 0 unspecified atom stereocenters. The van der Waals surface area contributed by atoms with Crippen molar-refractivity contribution >= 4 is 35.0 Å². The first-order valence-corrected chi connectivity index (χ1v) is 8.39. The highest BCUT2D eigenvalue weighted by Crippen LogP contribution is 2.22. The molecule has 3 heterocycles. The van der Waals surface area contributed by atoms with Crippen LogP contribution in [0.25, 0.3) is 0 Å². The quantitative estimate of drug-likeness (QED) is 0.769. The second-order valence-corrected chi connectivity index (χ2v) is 6.54. The molecule has 2 aromatic rings. The smallest absolute Gasteiger partial charge is 0.268 e. The number of hydrogen-bond acceptors (Lipinski definition) is 3. The number of halogens is 2. The van der Waals surface area contributed by atoms with Crippen LogP contribution in [0.2, 0.25) is 10.2 Å². The number of H-pyrrole nitrogens is 2. The van der Waals surface area contributed by atoms with Crippen molar-refractivity contribution in [1.29, 1.82) is 0 Å². The zero-order valence-electron chi connectivity index (χ0n) is 12.8. The van der Waals surface area contributed by atoms with Gasteiger partial charge in [-0.3, -0.25) is 14.7 Å². The van der Waals surface area contributed by atoms with Gasteiger partial charge in [-0.2, -0.15) is 5.10 Å². The van der Waals surface area contributed by atoms with E-state index in [1.807, 2.05) is 0 Å². The van der Waals surface area contributed by atoms with E-state index in [1.54, 1.807) is 17.2 Å². The molecule has 24 heavy (non-hydrogen) atoms. The summed E-state index contributed by atoms with van der Waals surface area (Å²) in [6.45, 7) is 1.18. The Morgan fingerprint density at radius 1 is 1.42 bits per heavy atom. The van der Waals surface area contributed by atoms with Crippen molar-refractivity contribution in [3.8, 4) is 0 Å². The largest absolute Gasteiger partial charge is 0.346 e. The van der Waals surface area contributed by atoms with E-state index >= 15 is 0 Å². The molecule has 1 aliphatic rings. The number of carbonyl (C=O) groups excluding carboxylic acids is 2. The van der Waals surface area contributed by atoms with E-state index in [0.717, 1.165) is 18.5 Å². The Morgan fingerprint density at radius 2 is 2.25 bits per heavy atom. The van der Waals surface area contributed by atoms with Crippen LogP contribution in [0.1, 0.15) is 29.0 Å². The highest BCUT2D eigenvalue weighted by Gasteiger charge is 2.25. The molecule has 0 saturated carbocycles. The van der Waals surface area contributed by atoms with Gasteiger partial charge in [-0.05, 0) is 25.0 Å². The lowest BCUT2D eigenvalue weighted by Crippen LogP contribution is -2.50. The van der Waals surface area contributed by atoms with Gasteiger partial charge in [-0.25, -0.2) is 0 Å². The Kier molecular flexibility index (Phi) is 5.11. The fourth-order valence-corrected chi connectivity index (χ4v) is 3.08. The monoisotopic (exact) mass is 369 g/mol. The van der Waals surface area contributed by atoms with E-state index < -0.39 is 0 Å². The fourth-order valence-electron chi connectivity index (χ4n) is 2.77. The Labute approximate surface area is 148 Å². The van der Waals surface area contributed by atoms with Gasteiger partial charge in [0, 0.05) is 31.0 Å². The van der Waals surface area contributed by atoms with Gasteiger partial charge in [0.1, 0.15) is 10.8 Å². The molecule has 1 fully saturated rings. The van der Waals surface area contributed by atoms with E-state index in [4.69, 9.17) is 23.2 Å². The summed E-state index contributed by atoms with van der Waals surface area (Å²) in [4.78, 5) is 29.1. The average Bonchev–Trinajstić information content (AvgIpc) is 3.18. The third kappa shape index (κ3) is 3.91. The normalized spacial score (nSPS) is 17.8. The zero-order chi connectivity index (χ0) is 17.1. The number of carbonyl (C=O) groups is 2. The standard InChI is InChI=1S/C15H17Cl2N5O2/c16-11-7-12(20-14(11)17)15(24)19-10-2-1-5-22(8-10)13(23)6-9-3-4-18-21-9/h3-4,7,10,20H,1-2,5-6,8H2,(H,18,21)(H,19,24)/t10-/m0/s1. The number of aromatic nitrogens is 3. The summed E-state index contributed by atoms with van der Waals surface area (Å²) in [7, 11) is 0. The molecule has 0 spiro atoms. The Bertz CT molecular complexity index is 709. The minimum absolute atomic E-state index is 0.0177. The van der Waals surface area contributed by atoms with Crippen LogP contribution < -0.4 is 5.32 Å². The van der Waals surface area contributed by atoms with E-state index in [1.165, 1.54) is 6.07 Å². The van der Waals surface area contributed by atoms with Crippen LogP contribution in [-0.2, 0) is 11.2 Å². The molecule has 128 valence electrons. The van der Waals surface area contributed by atoms with Crippen molar-refractivity contribution in [3.63, 3.8) is 0 Å². The maximum atomic E-state index is 12.3. The number of nitrogens with zero attached hydrogens (tertiary/aromatic N) is 2. The minimum Gasteiger partial charge on any atom is -0.346 e. The van der Waals surface area contributed by atoms with Gasteiger partial charge in [0.25, 0.3) is 5.91 Å². The summed E-state index contributed by atoms with van der Waals surface area (Å²) >= 11 is 11.7. The number of hydrogen-bond donors (Lipinski definition) is 3. The van der Waals surface area contributed by atoms with Gasteiger partial charge in [-0.1, -0.05) is 23.2 Å². The van der Waals surface area contributed by atoms with Crippen LogP contribution in [0.3, 0.4) is 0 Å². The molecule has 0 aliphatic carbocycles. The van der Waals surface area contributed by atoms with Crippen LogP contribution in [0.15, 0.2) is 18.3 Å². The SMILES string of the molecule is O=C(N[C@H]1CCCN(C(=O)Cc2ccn[nH]2)C1)c1cc(Cl)c(Cl)[nH]1. The van der Waals surface area contributed by atoms with E-state index in [0.29, 0.717) is 23.8 Å². The third-order valence-corrected chi connectivity index (χ3v) is 4.67. The maximum Gasteiger partial charge on any atom is 0.268 e. The van der Waals surface area contributed by atoms with Gasteiger partial charge in [0.05, 0.1) is 11.4 Å². The number of rotatable bonds is 4. The Balaban J connectivity index is 1.57. The van der Waals surface area contributed by atoms with Crippen molar-refractivity contribution in [1.82, 2.24) is 25.4 Å². The summed E-state index contributed by atoms with van der Waals surface area (Å²) in [6, 6.07) is 3.17. The lowest BCUT2D eigenvalue weighted by molar-refractivity contribution is -0.131. The molecule has 0 radical (unpaired) electrons. The average molecular weight is 370 g/mol. The first-order chi connectivity index (χ1) is 11.5. The van der Waals surface area contributed by atoms with E-state index in [-0.39, 0.29) is 29.4 Å². The van der Waals surface area contributed by atoms with Crippen molar-refractivity contribution in [2.45, 2.75) is 25.3 Å². The summed E-state index contributed by atoms with van der Waals surface area (Å²) in [5.74, 6) is -0.263. The lowest BCUT2D eigenvalue weighted by atomic mass is 10.0. The van der Waals surface area contributed by atoms with Crippen LogP contribution in [0.5, 0.6) is 0 Å². The van der Waals surface area contributed by atoms with Gasteiger partial charge in [0.2, 0.25) is 5.91 Å². The van der Waals surface area contributed by atoms with E-state index in [9.17, 15) is 9.59 Å². The van der Waals surface area contributed by atoms with Gasteiger partial charge >= 0.3 is 0 Å². The van der Waals surface area contributed by atoms with Gasteiger partial charge in [-0.15, -0.1) is 0 Å². The third-order valence-electron chi connectivity index (χ3n) is 3.98. The molecular weight excluding hydrogens is 353 g/mol. The molecule has 7 nitrogen and oxygen atoms in total. The predicted molar refractivity (Wildman–Crippen MR) is 90.2 cm³/mol. The number of piperidine rings is 1. The molecule has 1 aliphatic heterocycles. The second kappa shape index (κ2) is 7.27. The van der Waals surface area contributed by atoms with Crippen molar-refractivity contribution in [2.24, 2.45) is 0 Å². The summed E-state index contributed by atoms with van der Waals surface area (Å²) < 4.78 is 0. The zero-order valence-corrected chi connectivity index (χ0v) is 14.3. The van der Waals surface area contributed by atoms with Gasteiger partial charge in [0.15, 0.2) is 0 Å². The molecule has 2 amide bonds. The molecule has 1 saturated heterocycles. The van der Waals surface area contributed by atoms with Crippen LogP contribution >= 0.6 is 23.2 Å². The summed E-state index contributed by atoms with van der Waals surface area (Å²) in [5, 5.41) is 10.1. The summed E-state index contributed by atoms with van der Waals surface area (Å²) in [5.41, 5.74) is 1.09. The molecule has 0 aromatic carbocycles. The van der Waals surface area contributed by atoms with Crippen LogP contribution in [-0.4, -0.2) is 51.0 Å². The fraction of sp³-hybridized carbons (Fsp3) is 0.400. The first-order valence-electron chi connectivity index (χ1n) is 7.64. The number of amides is 2.